The minimum absolute atomic E-state index is 0.190. The number of piperidine rings is 1. The number of amides is 3. The highest BCUT2D eigenvalue weighted by Crippen LogP contribution is 2.34. The molecule has 1 unspecified atom stereocenters. The summed E-state index contributed by atoms with van der Waals surface area (Å²) >= 11 is 0. The van der Waals surface area contributed by atoms with Crippen molar-refractivity contribution in [2.45, 2.75) is 76.7 Å². The molecule has 0 bridgehead atoms. The predicted octanol–water partition coefficient (Wildman–Crippen LogP) is 3.45. The highest BCUT2D eigenvalue weighted by atomic mass is 16.5. The first-order valence-electron chi connectivity index (χ1n) is 12.3. The van der Waals surface area contributed by atoms with Crippen LogP contribution >= 0.6 is 0 Å². The Morgan fingerprint density at radius 3 is 2.47 bits per heavy atom. The molecule has 0 spiro atoms. The van der Waals surface area contributed by atoms with Crippen LogP contribution in [-0.2, 0) is 29.3 Å². The molecule has 1 saturated heterocycles. The van der Waals surface area contributed by atoms with Gasteiger partial charge in [-0.25, -0.2) is 0 Å². The molecule has 7 heteroatoms. The largest absolute Gasteiger partial charge is 0.489 e. The number of imide groups is 1. The van der Waals surface area contributed by atoms with Crippen LogP contribution < -0.4 is 15.4 Å². The van der Waals surface area contributed by atoms with Crippen molar-refractivity contribution >= 4 is 17.7 Å². The van der Waals surface area contributed by atoms with Crippen LogP contribution in [0.25, 0.3) is 0 Å². The van der Waals surface area contributed by atoms with Crippen molar-refractivity contribution < 1.29 is 19.1 Å². The summed E-state index contributed by atoms with van der Waals surface area (Å²) in [5, 5.41) is 6.01. The number of hydrogen-bond donors (Lipinski definition) is 2. The van der Waals surface area contributed by atoms with Crippen molar-refractivity contribution in [1.82, 2.24) is 15.5 Å². The van der Waals surface area contributed by atoms with Gasteiger partial charge in [0.2, 0.25) is 11.8 Å². The number of carbonyl (C=O) groups excluding carboxylic acids is 3. The van der Waals surface area contributed by atoms with Gasteiger partial charge in [0, 0.05) is 30.1 Å². The Balaban J connectivity index is 1.19. The maximum Gasteiger partial charge on any atom is 0.255 e. The zero-order valence-corrected chi connectivity index (χ0v) is 19.3. The minimum atomic E-state index is -0.625. The molecular weight excluding hydrogens is 430 g/mol. The normalized spacial score (nSPS) is 20.9. The Labute approximate surface area is 199 Å². The van der Waals surface area contributed by atoms with Crippen LogP contribution in [0.1, 0.15) is 72.0 Å². The third-order valence-electron chi connectivity index (χ3n) is 7.16. The fourth-order valence-electron chi connectivity index (χ4n) is 5.18. The van der Waals surface area contributed by atoms with Crippen LogP contribution in [-0.4, -0.2) is 34.7 Å². The Morgan fingerprint density at radius 1 is 0.941 bits per heavy atom. The quantitative estimate of drug-likeness (QED) is 0.617. The van der Waals surface area contributed by atoms with Gasteiger partial charge in [-0.15, -0.1) is 0 Å². The second-order valence-corrected chi connectivity index (χ2v) is 9.50. The van der Waals surface area contributed by atoms with Crippen molar-refractivity contribution in [3.05, 3.63) is 64.7 Å². The van der Waals surface area contributed by atoms with Gasteiger partial charge in [-0.2, -0.15) is 0 Å². The first-order chi connectivity index (χ1) is 16.6. The molecule has 3 aliphatic rings. The van der Waals surface area contributed by atoms with E-state index in [-0.39, 0.29) is 18.2 Å². The van der Waals surface area contributed by atoms with Crippen LogP contribution in [0, 0.1) is 0 Å². The summed E-state index contributed by atoms with van der Waals surface area (Å²) in [7, 11) is 0. The van der Waals surface area contributed by atoms with Crippen LogP contribution in [0.3, 0.4) is 0 Å². The summed E-state index contributed by atoms with van der Waals surface area (Å²) in [4.78, 5) is 38.3. The third kappa shape index (κ3) is 4.85. The van der Waals surface area contributed by atoms with Crippen LogP contribution in [0.15, 0.2) is 42.5 Å². The topological polar surface area (TPSA) is 87.7 Å². The highest BCUT2D eigenvalue weighted by molar-refractivity contribution is 6.05. The van der Waals surface area contributed by atoms with Crippen molar-refractivity contribution in [3.63, 3.8) is 0 Å². The van der Waals surface area contributed by atoms with E-state index in [2.05, 4.69) is 34.9 Å². The molecule has 2 fully saturated rings. The second-order valence-electron chi connectivity index (χ2n) is 9.50. The van der Waals surface area contributed by atoms with E-state index in [1.165, 1.54) is 37.7 Å². The van der Waals surface area contributed by atoms with E-state index < -0.39 is 11.9 Å². The fraction of sp³-hybridized carbons (Fsp3) is 0.444. The van der Waals surface area contributed by atoms with E-state index in [0.29, 0.717) is 36.9 Å². The van der Waals surface area contributed by atoms with Gasteiger partial charge in [0.1, 0.15) is 18.4 Å². The number of hydrogen-bond acceptors (Lipinski definition) is 5. The van der Waals surface area contributed by atoms with E-state index in [9.17, 15) is 14.4 Å². The monoisotopic (exact) mass is 461 g/mol. The Morgan fingerprint density at radius 2 is 1.71 bits per heavy atom. The molecule has 2 aromatic carbocycles. The molecule has 7 nitrogen and oxygen atoms in total. The summed E-state index contributed by atoms with van der Waals surface area (Å²) in [6.45, 7) is 1.60. The van der Waals surface area contributed by atoms with Crippen molar-refractivity contribution in [2.75, 3.05) is 0 Å². The summed E-state index contributed by atoms with van der Waals surface area (Å²) in [6.07, 6.45) is 7.16. The summed E-state index contributed by atoms with van der Waals surface area (Å²) in [5.41, 5.74) is 3.68. The fourth-order valence-corrected chi connectivity index (χ4v) is 5.18. The average Bonchev–Trinajstić information content (AvgIpc) is 3.19. The average molecular weight is 462 g/mol. The number of nitrogens with one attached hydrogen (secondary N) is 2. The molecule has 1 atom stereocenters. The molecule has 0 aromatic heterocycles. The molecule has 2 heterocycles. The molecule has 1 aliphatic carbocycles. The summed E-state index contributed by atoms with van der Waals surface area (Å²) in [5.74, 6) is -0.225. The lowest BCUT2D eigenvalue weighted by atomic mass is 9.95. The van der Waals surface area contributed by atoms with Crippen LogP contribution in [0.2, 0.25) is 0 Å². The van der Waals surface area contributed by atoms with Gasteiger partial charge >= 0.3 is 0 Å². The number of rotatable bonds is 7. The zero-order chi connectivity index (χ0) is 23.5. The lowest BCUT2D eigenvalue weighted by Crippen LogP contribution is -2.52. The summed E-state index contributed by atoms with van der Waals surface area (Å²) < 4.78 is 6.11. The van der Waals surface area contributed by atoms with E-state index >= 15 is 0 Å². The second kappa shape index (κ2) is 9.97. The van der Waals surface area contributed by atoms with Gasteiger partial charge in [0.25, 0.3) is 5.91 Å². The lowest BCUT2D eigenvalue weighted by Gasteiger charge is -2.29. The Kier molecular flexibility index (Phi) is 6.63. The molecule has 2 aromatic rings. The van der Waals surface area contributed by atoms with Crippen molar-refractivity contribution in [3.8, 4) is 5.75 Å². The molecule has 5 rings (SSSR count). The van der Waals surface area contributed by atoms with Crippen molar-refractivity contribution in [1.29, 1.82) is 0 Å². The molecule has 0 radical (unpaired) electrons. The summed E-state index contributed by atoms with van der Waals surface area (Å²) in [6, 6.07) is 13.9. The zero-order valence-electron chi connectivity index (χ0n) is 19.3. The maximum atomic E-state index is 13.0. The van der Waals surface area contributed by atoms with Gasteiger partial charge in [-0.1, -0.05) is 49.6 Å². The number of fused-ring (bicyclic) bond motifs is 1. The van der Waals surface area contributed by atoms with E-state index in [0.717, 1.165) is 17.7 Å². The lowest BCUT2D eigenvalue weighted by molar-refractivity contribution is -0.136. The number of benzene rings is 2. The highest BCUT2D eigenvalue weighted by Gasteiger charge is 2.40. The smallest absolute Gasteiger partial charge is 0.255 e. The minimum Gasteiger partial charge on any atom is -0.489 e. The van der Waals surface area contributed by atoms with E-state index in [1.807, 2.05) is 6.07 Å². The SMILES string of the molecule is O=C1CCC(N2Cc3c(OCc4ccc(CNC5CCCCC5)cc4)cccc3C2=O)C(=O)N1. The molecule has 1 saturated carbocycles. The van der Waals surface area contributed by atoms with Gasteiger partial charge in [0.05, 0.1) is 6.54 Å². The number of ether oxygens (including phenoxy) is 1. The van der Waals surface area contributed by atoms with Gasteiger partial charge in [-0.05, 0) is 42.5 Å². The first kappa shape index (κ1) is 22.6. The molecule has 2 aliphatic heterocycles. The predicted molar refractivity (Wildman–Crippen MR) is 127 cm³/mol. The molecule has 3 amide bonds. The van der Waals surface area contributed by atoms with E-state index in [1.54, 1.807) is 17.0 Å². The van der Waals surface area contributed by atoms with Gasteiger partial charge in [-0.3, -0.25) is 19.7 Å². The first-order valence-corrected chi connectivity index (χ1v) is 12.3. The molecular formula is C27H31N3O4. The van der Waals surface area contributed by atoms with E-state index in [4.69, 9.17) is 4.74 Å². The van der Waals surface area contributed by atoms with Crippen LogP contribution in [0.4, 0.5) is 0 Å². The molecule has 178 valence electrons. The number of nitrogens with zero attached hydrogens (tertiary/aromatic N) is 1. The Bertz CT molecular complexity index is 1080. The molecule has 34 heavy (non-hydrogen) atoms. The van der Waals surface area contributed by atoms with Gasteiger partial charge in [0.15, 0.2) is 0 Å². The van der Waals surface area contributed by atoms with Crippen LogP contribution in [0.5, 0.6) is 5.75 Å². The Hall–Kier alpha value is -3.19. The van der Waals surface area contributed by atoms with Gasteiger partial charge < -0.3 is 15.0 Å². The third-order valence-corrected chi connectivity index (χ3v) is 7.16. The van der Waals surface area contributed by atoms with Crippen molar-refractivity contribution in [2.24, 2.45) is 0 Å². The maximum absolute atomic E-state index is 13.0. The molecule has 2 N–H and O–H groups in total. The number of carbonyl (C=O) groups is 3. The standard InChI is InChI=1S/C27H31N3O4/c31-25-14-13-23(26(32)29-25)30-16-22-21(27(30)33)7-4-8-24(22)34-17-19-11-9-18(10-12-19)15-28-20-5-2-1-3-6-20/h4,7-12,20,23,28H,1-3,5-6,13-17H2,(H,29,31,32).